The number of hydrogen-bond acceptors (Lipinski definition) is 14. The quantitative estimate of drug-likeness (QED) is 0.0224. The average molecular weight is 977 g/mol. The molecule has 2 rings (SSSR count). The third-order valence-corrected chi connectivity index (χ3v) is 13.9. The molecule has 0 aliphatic carbocycles. The van der Waals surface area contributed by atoms with Crippen molar-refractivity contribution in [2.24, 2.45) is 0 Å². The van der Waals surface area contributed by atoms with Crippen molar-refractivity contribution < 1.29 is 69.0 Å². The van der Waals surface area contributed by atoms with Crippen LogP contribution in [0.1, 0.15) is 239 Å². The second-order valence-electron chi connectivity index (χ2n) is 20.1. The molecule has 0 aromatic carbocycles. The van der Waals surface area contributed by atoms with E-state index in [0.717, 1.165) is 44.9 Å². The molecule has 14 nitrogen and oxygen atoms in total. The smallest absolute Gasteiger partial charge is 0.306 e. The molecule has 0 aromatic rings. The van der Waals surface area contributed by atoms with Gasteiger partial charge in [0.25, 0.3) is 0 Å². The van der Waals surface area contributed by atoms with Crippen molar-refractivity contribution in [2.75, 3.05) is 33.0 Å². The summed E-state index contributed by atoms with van der Waals surface area (Å²) in [6, 6.07) is 0. The molecule has 68 heavy (non-hydrogen) atoms. The molecular weight excluding hydrogens is 873 g/mol. The normalized spacial score (nSPS) is 25.8. The summed E-state index contributed by atoms with van der Waals surface area (Å²) < 4.78 is 34.4. The van der Waals surface area contributed by atoms with Crippen LogP contribution in [-0.2, 0) is 33.2 Å². The van der Waals surface area contributed by atoms with Gasteiger partial charge in [0.1, 0.15) is 54.9 Å². The van der Waals surface area contributed by atoms with Gasteiger partial charge in [-0.1, -0.05) is 219 Å². The zero-order valence-corrected chi connectivity index (χ0v) is 43.1. The minimum atomic E-state index is -1.70. The SMILES string of the molecule is CCCCCCCCCCCCCCCCCCCCCC(=O)OC(COCCCCCCCCCCCCCCCCC)COC1OC(COC2OC(CO)C(O)C(O)C2O)C(O)C(O)C1O. The first-order valence-electron chi connectivity index (χ1n) is 28.1. The van der Waals surface area contributed by atoms with Crippen LogP contribution in [0.25, 0.3) is 0 Å². The minimum Gasteiger partial charge on any atom is -0.457 e. The van der Waals surface area contributed by atoms with Crippen molar-refractivity contribution in [1.29, 1.82) is 0 Å². The van der Waals surface area contributed by atoms with E-state index in [1.54, 1.807) is 0 Å². The zero-order valence-electron chi connectivity index (χ0n) is 43.1. The number of rotatable bonds is 46. The average Bonchev–Trinajstić information content (AvgIpc) is 3.33. The third kappa shape index (κ3) is 29.5. The number of esters is 1. The van der Waals surface area contributed by atoms with Crippen molar-refractivity contribution in [2.45, 2.75) is 306 Å². The molecule has 2 saturated heterocycles. The topological polar surface area (TPSA) is 214 Å². The molecule has 11 atom stereocenters. The molecule has 0 bridgehead atoms. The number of unbranched alkanes of at least 4 members (excludes halogenated alkanes) is 32. The maximum Gasteiger partial charge on any atom is 0.306 e. The fraction of sp³-hybridized carbons (Fsp3) is 0.981. The maximum absolute atomic E-state index is 13.0. The number of aliphatic hydroxyl groups excluding tert-OH is 7. The van der Waals surface area contributed by atoms with Crippen LogP contribution in [0.2, 0.25) is 0 Å². The van der Waals surface area contributed by atoms with Gasteiger partial charge in [-0.15, -0.1) is 0 Å². The first kappa shape index (κ1) is 63.1. The van der Waals surface area contributed by atoms with E-state index >= 15 is 0 Å². The molecule has 404 valence electrons. The monoisotopic (exact) mass is 977 g/mol. The summed E-state index contributed by atoms with van der Waals surface area (Å²) in [6.45, 7) is 3.75. The Balaban J connectivity index is 1.72. The molecule has 14 heteroatoms. The number of ether oxygens (including phenoxy) is 6. The van der Waals surface area contributed by atoms with E-state index in [0.29, 0.717) is 6.61 Å². The van der Waals surface area contributed by atoms with Crippen LogP contribution in [0.4, 0.5) is 0 Å². The van der Waals surface area contributed by atoms with Crippen LogP contribution in [0, 0.1) is 0 Å². The highest BCUT2D eigenvalue weighted by atomic mass is 16.7. The van der Waals surface area contributed by atoms with Crippen molar-refractivity contribution in [3.63, 3.8) is 0 Å². The van der Waals surface area contributed by atoms with Crippen LogP contribution in [-0.4, -0.2) is 142 Å². The molecule has 0 saturated carbocycles. The summed E-state index contributed by atoms with van der Waals surface area (Å²) in [6.07, 6.45) is 27.3. The van der Waals surface area contributed by atoms with Crippen LogP contribution in [0.15, 0.2) is 0 Å². The summed E-state index contributed by atoms with van der Waals surface area (Å²) in [4.78, 5) is 13.0. The largest absolute Gasteiger partial charge is 0.457 e. The van der Waals surface area contributed by atoms with E-state index < -0.39 is 80.7 Å². The number of hydrogen-bond donors (Lipinski definition) is 7. The third-order valence-electron chi connectivity index (χ3n) is 13.9. The molecule has 2 fully saturated rings. The van der Waals surface area contributed by atoms with Gasteiger partial charge in [0, 0.05) is 13.0 Å². The number of aliphatic hydroxyl groups is 7. The molecule has 0 radical (unpaired) electrons. The highest BCUT2D eigenvalue weighted by Gasteiger charge is 2.47. The molecular formula is C54H104O14. The van der Waals surface area contributed by atoms with E-state index in [9.17, 15) is 40.5 Å². The fourth-order valence-corrected chi connectivity index (χ4v) is 9.29. The second kappa shape index (κ2) is 42.5. The van der Waals surface area contributed by atoms with E-state index in [1.165, 1.54) is 173 Å². The van der Waals surface area contributed by atoms with E-state index in [4.69, 9.17) is 28.4 Å². The Morgan fingerprint density at radius 3 is 1.19 bits per heavy atom. The Hall–Kier alpha value is -1.01. The standard InChI is InChI=1S/C54H104O14/c1-3-5-7-9-11-13-15-17-19-20-21-22-23-25-27-29-31-33-35-37-46(56)66-43(40-63-38-36-34-32-30-28-26-24-18-16-14-12-10-8-6-4-2)41-64-53-52(62)50(60)48(58)45(68-53)42-65-54-51(61)49(59)47(57)44(39-55)67-54/h43-45,47-55,57-62H,3-42H2,1-2H3. The van der Waals surface area contributed by atoms with Crippen molar-refractivity contribution in [3.8, 4) is 0 Å². The predicted octanol–water partition coefficient (Wildman–Crippen LogP) is 9.25. The molecule has 0 amide bonds. The Morgan fingerprint density at radius 1 is 0.426 bits per heavy atom. The Kier molecular flexibility index (Phi) is 39.4. The molecule has 11 unspecified atom stereocenters. The van der Waals surface area contributed by atoms with Crippen LogP contribution < -0.4 is 0 Å². The lowest BCUT2D eigenvalue weighted by Crippen LogP contribution is -2.61. The predicted molar refractivity (Wildman–Crippen MR) is 266 cm³/mol. The van der Waals surface area contributed by atoms with Gasteiger partial charge in [-0.3, -0.25) is 4.79 Å². The van der Waals surface area contributed by atoms with Crippen molar-refractivity contribution >= 4 is 5.97 Å². The van der Waals surface area contributed by atoms with Crippen LogP contribution in [0.3, 0.4) is 0 Å². The minimum absolute atomic E-state index is 0.0706. The summed E-state index contributed by atoms with van der Waals surface area (Å²) >= 11 is 0. The van der Waals surface area contributed by atoms with Gasteiger partial charge in [0.15, 0.2) is 12.6 Å². The summed E-state index contributed by atoms with van der Waals surface area (Å²) in [7, 11) is 0. The molecule has 0 spiro atoms. The van der Waals surface area contributed by atoms with Gasteiger partial charge in [-0.05, 0) is 12.8 Å². The van der Waals surface area contributed by atoms with Gasteiger partial charge in [-0.2, -0.15) is 0 Å². The van der Waals surface area contributed by atoms with Crippen LogP contribution >= 0.6 is 0 Å². The summed E-state index contributed by atoms with van der Waals surface area (Å²) in [5.41, 5.74) is 0. The maximum atomic E-state index is 13.0. The first-order valence-corrected chi connectivity index (χ1v) is 28.1. The van der Waals surface area contributed by atoms with E-state index in [-0.39, 0.29) is 25.6 Å². The first-order chi connectivity index (χ1) is 33.1. The van der Waals surface area contributed by atoms with Gasteiger partial charge < -0.3 is 64.2 Å². The summed E-state index contributed by atoms with van der Waals surface area (Å²) in [5, 5.41) is 72.2. The van der Waals surface area contributed by atoms with Gasteiger partial charge in [0.05, 0.1) is 26.4 Å². The summed E-state index contributed by atoms with van der Waals surface area (Å²) in [5.74, 6) is -0.368. The van der Waals surface area contributed by atoms with Crippen LogP contribution in [0.5, 0.6) is 0 Å². The van der Waals surface area contributed by atoms with Crippen molar-refractivity contribution in [1.82, 2.24) is 0 Å². The molecule has 0 aromatic heterocycles. The van der Waals surface area contributed by atoms with Gasteiger partial charge >= 0.3 is 5.97 Å². The van der Waals surface area contributed by atoms with Gasteiger partial charge in [-0.25, -0.2) is 0 Å². The zero-order chi connectivity index (χ0) is 49.5. The van der Waals surface area contributed by atoms with E-state index in [1.807, 2.05) is 0 Å². The van der Waals surface area contributed by atoms with Gasteiger partial charge in [0.2, 0.25) is 0 Å². The van der Waals surface area contributed by atoms with E-state index in [2.05, 4.69) is 13.8 Å². The second-order valence-corrected chi connectivity index (χ2v) is 20.1. The van der Waals surface area contributed by atoms with Crippen molar-refractivity contribution in [3.05, 3.63) is 0 Å². The highest BCUT2D eigenvalue weighted by molar-refractivity contribution is 5.69. The highest BCUT2D eigenvalue weighted by Crippen LogP contribution is 2.27. The number of carbonyl (C=O) groups is 1. The Morgan fingerprint density at radius 2 is 0.779 bits per heavy atom. The fourth-order valence-electron chi connectivity index (χ4n) is 9.29. The lowest BCUT2D eigenvalue weighted by atomic mass is 9.98. The number of carbonyl (C=O) groups excluding carboxylic acids is 1. The lowest BCUT2D eigenvalue weighted by molar-refractivity contribution is -0.332. The molecule has 7 N–H and O–H groups in total. The molecule has 2 aliphatic heterocycles. The lowest BCUT2D eigenvalue weighted by Gasteiger charge is -2.42. The molecule has 2 heterocycles. The Bertz CT molecular complexity index is 1130. The molecule has 2 aliphatic rings. The Labute approximate surface area is 412 Å².